The van der Waals surface area contributed by atoms with E-state index in [9.17, 15) is 39.6 Å². The van der Waals surface area contributed by atoms with Crippen molar-refractivity contribution in [1.29, 1.82) is 0 Å². The van der Waals surface area contributed by atoms with Crippen molar-refractivity contribution in [3.05, 3.63) is 53.1 Å². The molecule has 3 saturated carbocycles. The second-order valence-corrected chi connectivity index (χ2v) is 12.1. The number of benzene rings is 2. The standard InChI is InChI=1S/C31H33N3O8/c1-34(2)24-19-12-15-11-18-17(13-5-7-16(8-6-13)33-30(41)14-3-4-14)9-10-20(35)22(18)25(36)21(15)27(38)31(19,42)28(39)23(26(24)37)29(32)40/h5-10,14-15,19,23-24,26,35-37,42H,3-4,11-12H2,1-2H3,(H2,32,40)(H,33,41)/t15-,19-,23?,24+,26?,31-/m0/s1. The number of primary amides is 1. The van der Waals surface area contributed by atoms with Gasteiger partial charge < -0.3 is 36.4 Å². The number of aromatic hydroxyl groups is 1. The van der Waals surface area contributed by atoms with Crippen LogP contribution in [0.15, 0.2) is 42.0 Å². The molecule has 0 heterocycles. The number of hydrogen-bond donors (Lipinski definition) is 6. The Labute approximate surface area is 241 Å². The van der Waals surface area contributed by atoms with Gasteiger partial charge >= 0.3 is 0 Å². The Bertz CT molecular complexity index is 1560. The van der Waals surface area contributed by atoms with Crippen molar-refractivity contribution < 1.29 is 39.6 Å². The van der Waals surface area contributed by atoms with Gasteiger partial charge in [-0.2, -0.15) is 0 Å². The van der Waals surface area contributed by atoms with E-state index in [1.165, 1.54) is 6.07 Å². The van der Waals surface area contributed by atoms with E-state index < -0.39 is 58.7 Å². The summed E-state index contributed by atoms with van der Waals surface area (Å²) in [6.07, 6.45) is 0.466. The molecule has 4 aliphatic rings. The molecule has 0 spiro atoms. The Balaban J connectivity index is 1.43. The van der Waals surface area contributed by atoms with Gasteiger partial charge in [-0.3, -0.25) is 19.2 Å². The number of carbonyl (C=O) groups excluding carboxylic acids is 4. The van der Waals surface area contributed by atoms with E-state index in [1.807, 2.05) is 12.1 Å². The molecule has 2 aromatic carbocycles. The van der Waals surface area contributed by atoms with Crippen LogP contribution in [0, 0.1) is 23.7 Å². The number of nitrogens with one attached hydrogen (secondary N) is 1. The fraction of sp³-hybridized carbons (Fsp3) is 0.419. The van der Waals surface area contributed by atoms with Gasteiger partial charge in [0, 0.05) is 29.1 Å². The summed E-state index contributed by atoms with van der Waals surface area (Å²) < 4.78 is 0. The molecule has 2 unspecified atom stereocenters. The molecule has 2 amide bonds. The molecule has 42 heavy (non-hydrogen) atoms. The summed E-state index contributed by atoms with van der Waals surface area (Å²) in [4.78, 5) is 53.3. The van der Waals surface area contributed by atoms with Crippen LogP contribution < -0.4 is 11.1 Å². The second kappa shape index (κ2) is 9.75. The number of nitrogens with zero attached hydrogens (tertiary/aromatic N) is 1. The van der Waals surface area contributed by atoms with Gasteiger partial charge in [0.2, 0.25) is 17.6 Å². The van der Waals surface area contributed by atoms with Crippen LogP contribution in [-0.4, -0.2) is 80.5 Å². The number of amides is 2. The number of carbonyl (C=O) groups is 4. The van der Waals surface area contributed by atoms with E-state index in [0.29, 0.717) is 16.8 Å². The zero-order valence-electron chi connectivity index (χ0n) is 23.2. The maximum atomic E-state index is 14.0. The van der Waals surface area contributed by atoms with Gasteiger partial charge in [-0.15, -0.1) is 0 Å². The molecule has 4 aliphatic carbocycles. The molecule has 2 aromatic rings. The van der Waals surface area contributed by atoms with E-state index in [2.05, 4.69) is 5.32 Å². The maximum Gasteiger partial charge on any atom is 0.230 e. The van der Waals surface area contributed by atoms with Gasteiger partial charge in [0.1, 0.15) is 17.4 Å². The minimum absolute atomic E-state index is 0.0150. The molecule has 0 aliphatic heterocycles. The van der Waals surface area contributed by atoms with E-state index in [-0.39, 0.29) is 41.6 Å². The quantitative estimate of drug-likeness (QED) is 0.284. The number of ketones is 2. The van der Waals surface area contributed by atoms with Crippen LogP contribution in [0.5, 0.6) is 5.75 Å². The molecule has 11 nitrogen and oxygen atoms in total. The summed E-state index contributed by atoms with van der Waals surface area (Å²) in [5, 5.41) is 47.9. The Morgan fingerprint density at radius 3 is 2.31 bits per heavy atom. The third-order valence-electron chi connectivity index (χ3n) is 9.38. The van der Waals surface area contributed by atoms with Crippen molar-refractivity contribution in [3.63, 3.8) is 0 Å². The third kappa shape index (κ3) is 4.06. The number of anilines is 1. The van der Waals surface area contributed by atoms with Gasteiger partial charge in [0.15, 0.2) is 11.4 Å². The Hall–Kier alpha value is -4.06. The van der Waals surface area contributed by atoms with Crippen LogP contribution in [0.3, 0.4) is 0 Å². The van der Waals surface area contributed by atoms with Crippen molar-refractivity contribution in [1.82, 2.24) is 4.90 Å². The largest absolute Gasteiger partial charge is 0.507 e. The van der Waals surface area contributed by atoms with Crippen LogP contribution >= 0.6 is 0 Å². The van der Waals surface area contributed by atoms with E-state index in [4.69, 9.17) is 5.73 Å². The van der Waals surface area contributed by atoms with Crippen molar-refractivity contribution >= 4 is 34.8 Å². The molecule has 0 saturated heterocycles. The number of fused-ring (bicyclic) bond motifs is 3. The molecule has 6 atom stereocenters. The first-order chi connectivity index (χ1) is 19.9. The topological polar surface area (TPSA) is 190 Å². The number of hydrogen-bond acceptors (Lipinski definition) is 9. The maximum absolute atomic E-state index is 14.0. The average molecular weight is 576 g/mol. The monoisotopic (exact) mass is 575 g/mol. The van der Waals surface area contributed by atoms with Gasteiger partial charge in [-0.25, -0.2) is 0 Å². The minimum Gasteiger partial charge on any atom is -0.507 e. The third-order valence-corrected chi connectivity index (χ3v) is 9.38. The number of rotatable bonds is 5. The summed E-state index contributed by atoms with van der Waals surface area (Å²) in [5.74, 6) is -7.72. The van der Waals surface area contributed by atoms with Crippen LogP contribution in [-0.2, 0) is 25.6 Å². The summed E-state index contributed by atoms with van der Waals surface area (Å²) in [6, 6.07) is 9.33. The normalized spacial score (nSPS) is 30.5. The highest BCUT2D eigenvalue weighted by Crippen LogP contribution is 2.53. The fourth-order valence-corrected chi connectivity index (χ4v) is 7.20. The fourth-order valence-electron chi connectivity index (χ4n) is 7.20. The van der Waals surface area contributed by atoms with Gasteiger partial charge in [0.05, 0.1) is 11.7 Å². The predicted molar refractivity (Wildman–Crippen MR) is 151 cm³/mol. The van der Waals surface area contributed by atoms with Crippen LogP contribution in [0.1, 0.15) is 30.4 Å². The van der Waals surface area contributed by atoms with Gasteiger partial charge in [-0.05, 0) is 80.6 Å². The molecule has 220 valence electrons. The molecule has 0 bridgehead atoms. The first kappa shape index (κ1) is 28.1. The molecule has 3 fully saturated rings. The molecule has 11 heteroatoms. The second-order valence-electron chi connectivity index (χ2n) is 12.1. The number of phenols is 1. The van der Waals surface area contributed by atoms with Crippen molar-refractivity contribution in [2.24, 2.45) is 29.4 Å². The lowest BCUT2D eigenvalue weighted by molar-refractivity contribution is -0.184. The summed E-state index contributed by atoms with van der Waals surface area (Å²) in [7, 11) is 3.22. The lowest BCUT2D eigenvalue weighted by Crippen LogP contribution is -2.73. The Morgan fingerprint density at radius 1 is 1.05 bits per heavy atom. The van der Waals surface area contributed by atoms with Crippen LogP contribution in [0.4, 0.5) is 5.69 Å². The average Bonchev–Trinajstić information content (AvgIpc) is 3.77. The van der Waals surface area contributed by atoms with Crippen molar-refractivity contribution in [2.75, 3.05) is 19.4 Å². The van der Waals surface area contributed by atoms with E-state index in [0.717, 1.165) is 18.4 Å². The van der Waals surface area contributed by atoms with Crippen LogP contribution in [0.25, 0.3) is 16.9 Å². The number of likely N-dealkylation sites (N-methyl/N-ethyl adjacent to an activating group) is 1. The predicted octanol–water partition coefficient (Wildman–Crippen LogP) is 1.14. The van der Waals surface area contributed by atoms with E-state index in [1.54, 1.807) is 37.2 Å². The number of nitrogens with two attached hydrogens (primary N) is 1. The minimum atomic E-state index is -2.70. The first-order valence-corrected chi connectivity index (χ1v) is 14.0. The number of aliphatic hydroxyl groups is 3. The molecular weight excluding hydrogens is 542 g/mol. The van der Waals surface area contributed by atoms with Gasteiger partial charge in [0.25, 0.3) is 0 Å². The highest BCUT2D eigenvalue weighted by molar-refractivity contribution is 6.25. The Kier molecular flexibility index (Phi) is 6.52. The molecular formula is C31H33N3O8. The van der Waals surface area contributed by atoms with Crippen molar-refractivity contribution in [2.45, 2.75) is 43.4 Å². The number of Topliss-reactive ketones (excluding diaryl/α,β-unsaturated/α-hetero) is 2. The molecule has 7 N–H and O–H groups in total. The summed E-state index contributed by atoms with van der Waals surface area (Å²) >= 11 is 0. The van der Waals surface area contributed by atoms with Crippen LogP contribution in [0.2, 0.25) is 0 Å². The van der Waals surface area contributed by atoms with E-state index >= 15 is 0 Å². The SMILES string of the molecule is CN(C)[C@H]1C(O)C(C(N)=O)C(=O)[C@@]2(O)C(=O)C3=C(O)c4c(O)ccc(-c5ccc(NC(=O)C6CC6)cc5)c4C[C@H]3C[C@@H]12. The Morgan fingerprint density at radius 2 is 1.71 bits per heavy atom. The summed E-state index contributed by atoms with van der Waals surface area (Å²) in [5.41, 5.74) is 5.23. The zero-order chi connectivity index (χ0) is 30.2. The molecule has 0 aromatic heterocycles. The molecule has 0 radical (unpaired) electrons. The lowest BCUT2D eigenvalue weighted by atomic mass is 9.54. The van der Waals surface area contributed by atoms with Crippen molar-refractivity contribution in [3.8, 4) is 16.9 Å². The summed E-state index contributed by atoms with van der Waals surface area (Å²) in [6.45, 7) is 0. The lowest BCUT2D eigenvalue weighted by Gasteiger charge is -2.53. The first-order valence-electron chi connectivity index (χ1n) is 14.0. The zero-order valence-corrected chi connectivity index (χ0v) is 23.2. The number of phenolic OH excluding ortho intramolecular Hbond substituents is 1. The van der Waals surface area contributed by atoms with Gasteiger partial charge in [-0.1, -0.05) is 18.2 Å². The number of aliphatic hydroxyl groups excluding tert-OH is 2. The smallest absolute Gasteiger partial charge is 0.230 e. The molecule has 6 rings (SSSR count). The highest BCUT2D eigenvalue weighted by atomic mass is 16.3. The highest BCUT2D eigenvalue weighted by Gasteiger charge is 2.67.